The summed E-state index contributed by atoms with van der Waals surface area (Å²) in [5.41, 5.74) is 0.674. The molecule has 1 aliphatic heterocycles. The lowest BCUT2D eigenvalue weighted by molar-refractivity contribution is -0.0440. The topological polar surface area (TPSA) is 75.7 Å². The van der Waals surface area contributed by atoms with Gasteiger partial charge in [-0.1, -0.05) is 33.6 Å². The Labute approximate surface area is 178 Å². The highest BCUT2D eigenvalue weighted by molar-refractivity contribution is 9.10. The van der Waals surface area contributed by atoms with Crippen LogP contribution in [0.25, 0.3) is 0 Å². The molecule has 28 heavy (non-hydrogen) atoms. The van der Waals surface area contributed by atoms with Gasteiger partial charge < -0.3 is 10.1 Å². The Morgan fingerprint density at radius 1 is 1.18 bits per heavy atom. The number of hydrogen-bond donors (Lipinski definition) is 1. The largest absolute Gasteiger partial charge is 0.373 e. The van der Waals surface area contributed by atoms with Crippen molar-refractivity contribution in [3.05, 3.63) is 57.5 Å². The van der Waals surface area contributed by atoms with Gasteiger partial charge in [-0.25, -0.2) is 8.42 Å². The molecule has 0 spiro atoms. The van der Waals surface area contributed by atoms with Crippen LogP contribution in [0.3, 0.4) is 0 Å². The van der Waals surface area contributed by atoms with Gasteiger partial charge in [0.2, 0.25) is 10.0 Å². The van der Waals surface area contributed by atoms with E-state index in [1.54, 1.807) is 30.3 Å². The van der Waals surface area contributed by atoms with Crippen LogP contribution in [0.2, 0.25) is 5.02 Å². The van der Waals surface area contributed by atoms with Crippen molar-refractivity contribution in [2.45, 2.75) is 31.0 Å². The molecular formula is C19H20BrClN2O4S. The number of morpholine rings is 1. The van der Waals surface area contributed by atoms with Crippen molar-refractivity contribution in [3.63, 3.8) is 0 Å². The predicted molar refractivity (Wildman–Crippen MR) is 112 cm³/mol. The minimum atomic E-state index is -3.73. The number of rotatable bonds is 4. The normalized spacial score (nSPS) is 20.7. The fourth-order valence-corrected chi connectivity index (χ4v) is 5.42. The lowest BCUT2D eigenvalue weighted by atomic mass is 10.2. The van der Waals surface area contributed by atoms with Gasteiger partial charge in [-0.15, -0.1) is 0 Å². The number of carbonyl (C=O) groups is 1. The number of nitrogens with one attached hydrogen (secondary N) is 1. The second-order valence-electron chi connectivity index (χ2n) is 6.69. The van der Waals surface area contributed by atoms with Crippen molar-refractivity contribution in [2.75, 3.05) is 18.4 Å². The summed E-state index contributed by atoms with van der Waals surface area (Å²) in [4.78, 5) is 12.7. The molecule has 0 saturated carbocycles. The van der Waals surface area contributed by atoms with Gasteiger partial charge in [0.15, 0.2) is 0 Å². The number of halogens is 2. The zero-order chi connectivity index (χ0) is 20.5. The first-order valence-corrected chi connectivity index (χ1v) is 11.3. The van der Waals surface area contributed by atoms with Crippen molar-refractivity contribution in [1.82, 2.24) is 4.31 Å². The van der Waals surface area contributed by atoms with Crippen molar-refractivity contribution < 1.29 is 17.9 Å². The van der Waals surface area contributed by atoms with E-state index in [2.05, 4.69) is 21.2 Å². The summed E-state index contributed by atoms with van der Waals surface area (Å²) in [5.74, 6) is -0.440. The molecule has 6 nitrogen and oxygen atoms in total. The molecule has 0 radical (unpaired) electrons. The Balaban J connectivity index is 1.84. The molecule has 150 valence electrons. The van der Waals surface area contributed by atoms with Gasteiger partial charge in [-0.2, -0.15) is 4.31 Å². The van der Waals surface area contributed by atoms with E-state index < -0.39 is 15.9 Å². The van der Waals surface area contributed by atoms with Gasteiger partial charge >= 0.3 is 0 Å². The van der Waals surface area contributed by atoms with Crippen molar-refractivity contribution in [1.29, 1.82) is 0 Å². The number of nitrogens with zero attached hydrogens (tertiary/aromatic N) is 1. The first kappa shape index (κ1) is 21.3. The third-order valence-electron chi connectivity index (χ3n) is 4.30. The average molecular weight is 488 g/mol. The molecular weight excluding hydrogens is 468 g/mol. The second kappa shape index (κ2) is 8.51. The highest BCUT2D eigenvalue weighted by Gasteiger charge is 2.32. The standard InChI is InChI=1S/C19H20BrClN2O4S/c1-12-10-23(11-13(2)27-12)28(25,26)16-5-3-4-14(8-16)19(24)22-18-7-6-15(20)9-17(18)21/h3-9,12-13H,10-11H2,1-2H3,(H,22,24)/t12-,13-/m0/s1. The molecule has 0 unspecified atom stereocenters. The van der Waals surface area contributed by atoms with Crippen molar-refractivity contribution in [3.8, 4) is 0 Å². The van der Waals surface area contributed by atoms with E-state index in [0.717, 1.165) is 4.47 Å². The van der Waals surface area contributed by atoms with Crippen LogP contribution >= 0.6 is 27.5 Å². The molecule has 1 fully saturated rings. The Hall–Kier alpha value is -1.45. The zero-order valence-electron chi connectivity index (χ0n) is 15.4. The highest BCUT2D eigenvalue weighted by Crippen LogP contribution is 2.27. The second-order valence-corrected chi connectivity index (χ2v) is 9.95. The monoisotopic (exact) mass is 486 g/mol. The summed E-state index contributed by atoms with van der Waals surface area (Å²) in [7, 11) is -3.73. The molecule has 9 heteroatoms. The Morgan fingerprint density at radius 2 is 1.86 bits per heavy atom. The van der Waals surface area contributed by atoms with E-state index in [-0.39, 0.29) is 35.8 Å². The van der Waals surface area contributed by atoms with E-state index in [4.69, 9.17) is 16.3 Å². The van der Waals surface area contributed by atoms with E-state index in [1.807, 2.05) is 13.8 Å². The maximum Gasteiger partial charge on any atom is 0.255 e. The highest BCUT2D eigenvalue weighted by atomic mass is 79.9. The molecule has 1 heterocycles. The molecule has 2 aromatic rings. The SMILES string of the molecule is C[C@H]1CN(S(=O)(=O)c2cccc(C(=O)Nc3ccc(Br)cc3Cl)c2)C[C@H](C)O1. The third-order valence-corrected chi connectivity index (χ3v) is 6.93. The summed E-state index contributed by atoms with van der Waals surface area (Å²) < 4.78 is 33.8. The van der Waals surface area contributed by atoms with Crippen molar-refractivity contribution in [2.24, 2.45) is 0 Å². The first-order valence-electron chi connectivity index (χ1n) is 8.69. The summed E-state index contributed by atoms with van der Waals surface area (Å²) in [6.07, 6.45) is -0.380. The fraction of sp³-hybridized carbons (Fsp3) is 0.316. The smallest absolute Gasteiger partial charge is 0.255 e. The van der Waals surface area contributed by atoms with Gasteiger partial charge in [-0.05, 0) is 50.2 Å². The number of ether oxygens (including phenoxy) is 1. The van der Waals surface area contributed by atoms with Crippen LogP contribution in [-0.2, 0) is 14.8 Å². The van der Waals surface area contributed by atoms with Gasteiger partial charge in [0.25, 0.3) is 5.91 Å². The maximum atomic E-state index is 13.0. The Bertz CT molecular complexity index is 989. The molecule has 1 saturated heterocycles. The van der Waals surface area contributed by atoms with Crippen LogP contribution in [-0.4, -0.2) is 43.9 Å². The van der Waals surface area contributed by atoms with Crippen molar-refractivity contribution >= 4 is 49.1 Å². The molecule has 1 aliphatic rings. The summed E-state index contributed by atoms with van der Waals surface area (Å²) in [6.45, 7) is 4.23. The number of benzene rings is 2. The van der Waals surface area contributed by atoms with E-state index in [1.165, 1.54) is 16.4 Å². The lowest BCUT2D eigenvalue weighted by Crippen LogP contribution is -2.48. The minimum absolute atomic E-state index is 0.0725. The van der Waals surface area contributed by atoms with Gasteiger partial charge in [-0.3, -0.25) is 4.79 Å². The van der Waals surface area contributed by atoms with E-state index in [9.17, 15) is 13.2 Å². The number of carbonyl (C=O) groups excluding carboxylic acids is 1. The van der Waals surface area contributed by atoms with Gasteiger partial charge in [0.05, 0.1) is 27.8 Å². The number of sulfonamides is 1. The van der Waals surface area contributed by atoms with Crippen LogP contribution in [0.5, 0.6) is 0 Å². The molecule has 2 aromatic carbocycles. The van der Waals surface area contributed by atoms with E-state index in [0.29, 0.717) is 10.7 Å². The first-order chi connectivity index (χ1) is 13.2. The lowest BCUT2D eigenvalue weighted by Gasteiger charge is -2.34. The van der Waals surface area contributed by atoms with Crippen LogP contribution in [0.1, 0.15) is 24.2 Å². The summed E-state index contributed by atoms with van der Waals surface area (Å²) in [5, 5.41) is 3.08. The molecule has 0 aromatic heterocycles. The van der Waals surface area contributed by atoms with E-state index >= 15 is 0 Å². The third kappa shape index (κ3) is 4.75. The van der Waals surface area contributed by atoms with Gasteiger partial charge in [0.1, 0.15) is 0 Å². The van der Waals surface area contributed by atoms with Crippen LogP contribution in [0.4, 0.5) is 5.69 Å². The van der Waals surface area contributed by atoms with Crippen LogP contribution in [0.15, 0.2) is 51.8 Å². The molecule has 2 atom stereocenters. The summed E-state index contributed by atoms with van der Waals surface area (Å²) in [6, 6.07) is 11.1. The van der Waals surface area contributed by atoms with Gasteiger partial charge in [0, 0.05) is 23.1 Å². The fourth-order valence-electron chi connectivity index (χ4n) is 3.06. The predicted octanol–water partition coefficient (Wildman–Crippen LogP) is 4.15. The molecule has 1 N–H and O–H groups in total. The quantitative estimate of drug-likeness (QED) is 0.703. The minimum Gasteiger partial charge on any atom is -0.373 e. The van der Waals surface area contributed by atoms with Crippen LogP contribution in [0, 0.1) is 0 Å². The molecule has 0 bridgehead atoms. The molecule has 0 aliphatic carbocycles. The maximum absolute atomic E-state index is 13.0. The Morgan fingerprint density at radius 3 is 2.50 bits per heavy atom. The molecule has 1 amide bonds. The Kier molecular flexibility index (Phi) is 6.46. The zero-order valence-corrected chi connectivity index (χ0v) is 18.5. The number of anilines is 1. The molecule has 3 rings (SSSR count). The van der Waals surface area contributed by atoms with Crippen LogP contribution < -0.4 is 5.32 Å². The average Bonchev–Trinajstić information content (AvgIpc) is 2.63. The summed E-state index contributed by atoms with van der Waals surface area (Å²) >= 11 is 9.44. The number of hydrogen-bond acceptors (Lipinski definition) is 4. The number of amides is 1.